The van der Waals surface area contributed by atoms with Gasteiger partial charge in [-0.25, -0.2) is 0 Å². The van der Waals surface area contributed by atoms with E-state index in [1.165, 1.54) is 0 Å². The molecule has 0 bridgehead atoms. The number of pyridine rings is 2. The fourth-order valence-corrected chi connectivity index (χ4v) is 1.82. The molecule has 0 saturated heterocycles. The van der Waals surface area contributed by atoms with Crippen molar-refractivity contribution in [2.45, 2.75) is 0 Å². The van der Waals surface area contributed by atoms with Crippen LogP contribution in [0.5, 0.6) is 5.75 Å². The zero-order valence-corrected chi connectivity index (χ0v) is 8.09. The van der Waals surface area contributed by atoms with Crippen LogP contribution in [0.2, 0.25) is 0 Å². The summed E-state index contributed by atoms with van der Waals surface area (Å²) in [5, 5.41) is 11.6. The summed E-state index contributed by atoms with van der Waals surface area (Å²) in [6.45, 7) is 0. The van der Waals surface area contributed by atoms with E-state index in [2.05, 4.69) is 16.7 Å². The van der Waals surface area contributed by atoms with E-state index in [-0.39, 0.29) is 0 Å². The molecule has 0 fully saturated rings. The molecular formula is C13H10NO+. The van der Waals surface area contributed by atoms with Gasteiger partial charge in [0.25, 0.3) is 0 Å². The number of rotatable bonds is 0. The number of aromatic hydroxyl groups is 1. The monoisotopic (exact) mass is 196 g/mol. The van der Waals surface area contributed by atoms with Gasteiger partial charge in [-0.05, 0) is 29.7 Å². The zero-order valence-electron chi connectivity index (χ0n) is 8.09. The molecule has 0 spiro atoms. The van der Waals surface area contributed by atoms with E-state index in [9.17, 15) is 5.11 Å². The topological polar surface area (TPSA) is 24.3 Å². The number of phenolic OH excluding ortho intramolecular Hbond substituents is 1. The quantitative estimate of drug-likeness (QED) is 0.433. The van der Waals surface area contributed by atoms with E-state index < -0.39 is 0 Å². The van der Waals surface area contributed by atoms with Crippen molar-refractivity contribution in [1.29, 1.82) is 0 Å². The predicted molar refractivity (Wildman–Crippen MR) is 58.8 cm³/mol. The molecular weight excluding hydrogens is 186 g/mol. The van der Waals surface area contributed by atoms with Crippen molar-refractivity contribution >= 4 is 16.3 Å². The van der Waals surface area contributed by atoms with E-state index in [1.54, 1.807) is 12.1 Å². The SMILES string of the molecule is Oc1ccc2c[n+]3ccccc3cc2c1. The molecule has 3 rings (SSSR count). The number of nitrogens with zero attached hydrogens (tertiary/aromatic N) is 1. The molecule has 2 nitrogen and oxygen atoms in total. The highest BCUT2D eigenvalue weighted by Crippen LogP contribution is 2.19. The molecule has 0 radical (unpaired) electrons. The van der Waals surface area contributed by atoms with Crippen LogP contribution in [0.15, 0.2) is 54.9 Å². The van der Waals surface area contributed by atoms with Gasteiger partial charge >= 0.3 is 0 Å². The first-order valence-electron chi connectivity index (χ1n) is 4.86. The molecule has 0 amide bonds. The second kappa shape index (κ2) is 2.95. The van der Waals surface area contributed by atoms with Gasteiger partial charge in [-0.2, -0.15) is 4.40 Å². The maximum Gasteiger partial charge on any atom is 0.211 e. The van der Waals surface area contributed by atoms with Gasteiger partial charge in [0.05, 0.1) is 0 Å². The van der Waals surface area contributed by atoms with E-state index in [0.717, 1.165) is 16.3 Å². The number of hydrogen-bond acceptors (Lipinski definition) is 1. The Hall–Kier alpha value is -2.09. The number of aromatic nitrogens is 1. The number of fused-ring (bicyclic) bond motifs is 2. The lowest BCUT2D eigenvalue weighted by Crippen LogP contribution is -2.19. The third-order valence-electron chi connectivity index (χ3n) is 2.57. The van der Waals surface area contributed by atoms with E-state index in [4.69, 9.17) is 0 Å². The molecule has 0 saturated carbocycles. The van der Waals surface area contributed by atoms with Crippen LogP contribution in [0.1, 0.15) is 0 Å². The van der Waals surface area contributed by atoms with Crippen molar-refractivity contribution in [3.05, 3.63) is 54.9 Å². The minimum atomic E-state index is 0.308. The van der Waals surface area contributed by atoms with Crippen LogP contribution in [-0.2, 0) is 0 Å². The Kier molecular flexibility index (Phi) is 1.62. The highest BCUT2D eigenvalue weighted by molar-refractivity contribution is 5.84. The minimum absolute atomic E-state index is 0.308. The van der Waals surface area contributed by atoms with Gasteiger partial charge in [-0.3, -0.25) is 0 Å². The van der Waals surface area contributed by atoms with Crippen LogP contribution in [-0.4, -0.2) is 5.11 Å². The summed E-state index contributed by atoms with van der Waals surface area (Å²) in [7, 11) is 0. The fraction of sp³-hybridized carbons (Fsp3) is 0. The van der Waals surface area contributed by atoms with Crippen LogP contribution >= 0.6 is 0 Å². The van der Waals surface area contributed by atoms with Crippen LogP contribution in [0.25, 0.3) is 16.3 Å². The molecule has 1 aromatic carbocycles. The van der Waals surface area contributed by atoms with E-state index in [0.29, 0.717) is 5.75 Å². The standard InChI is InChI=1S/C13H9NO/c15-13-5-4-10-9-14-6-2-1-3-12(14)7-11(10)8-13/h1-9H/p+1. The minimum Gasteiger partial charge on any atom is -0.508 e. The molecule has 15 heavy (non-hydrogen) atoms. The van der Waals surface area contributed by atoms with Gasteiger partial charge in [0, 0.05) is 23.6 Å². The molecule has 0 atom stereocenters. The second-order valence-electron chi connectivity index (χ2n) is 3.62. The summed E-state index contributed by atoms with van der Waals surface area (Å²) in [6, 6.07) is 13.5. The molecule has 72 valence electrons. The molecule has 2 heterocycles. The lowest BCUT2D eigenvalue weighted by Gasteiger charge is -1.97. The smallest absolute Gasteiger partial charge is 0.211 e. The predicted octanol–water partition coefficient (Wildman–Crippen LogP) is 2.28. The largest absolute Gasteiger partial charge is 0.508 e. The van der Waals surface area contributed by atoms with Gasteiger partial charge in [-0.1, -0.05) is 0 Å². The lowest BCUT2D eigenvalue weighted by molar-refractivity contribution is -0.510. The number of phenols is 1. The van der Waals surface area contributed by atoms with Crippen molar-refractivity contribution in [2.24, 2.45) is 0 Å². The molecule has 0 aliphatic carbocycles. The summed E-state index contributed by atoms with van der Waals surface area (Å²) < 4.78 is 2.07. The fourth-order valence-electron chi connectivity index (χ4n) is 1.82. The Labute approximate surface area is 87.0 Å². The van der Waals surface area contributed by atoms with E-state index in [1.807, 2.05) is 30.5 Å². The third kappa shape index (κ3) is 1.31. The van der Waals surface area contributed by atoms with Crippen LogP contribution in [0.4, 0.5) is 0 Å². The van der Waals surface area contributed by atoms with Gasteiger partial charge in [0.15, 0.2) is 12.4 Å². The number of hydrogen-bond donors (Lipinski definition) is 1. The summed E-state index contributed by atoms with van der Waals surface area (Å²) in [6.07, 6.45) is 4.08. The van der Waals surface area contributed by atoms with Crippen molar-refractivity contribution in [3.63, 3.8) is 0 Å². The Morgan fingerprint density at radius 3 is 2.80 bits per heavy atom. The molecule has 1 N–H and O–H groups in total. The Morgan fingerprint density at radius 2 is 1.87 bits per heavy atom. The average molecular weight is 196 g/mol. The maximum atomic E-state index is 9.40. The molecule has 2 aromatic heterocycles. The lowest BCUT2D eigenvalue weighted by atomic mass is 10.1. The molecule has 0 aliphatic rings. The summed E-state index contributed by atoms with van der Waals surface area (Å²) in [4.78, 5) is 0. The van der Waals surface area contributed by atoms with Gasteiger partial charge in [0.2, 0.25) is 5.52 Å². The highest BCUT2D eigenvalue weighted by Gasteiger charge is 2.04. The van der Waals surface area contributed by atoms with E-state index >= 15 is 0 Å². The first-order chi connectivity index (χ1) is 7.33. The summed E-state index contributed by atoms with van der Waals surface area (Å²) >= 11 is 0. The van der Waals surface area contributed by atoms with Crippen molar-refractivity contribution in [1.82, 2.24) is 0 Å². The molecule has 0 unspecified atom stereocenters. The molecule has 3 aromatic rings. The zero-order chi connectivity index (χ0) is 10.3. The third-order valence-corrected chi connectivity index (χ3v) is 2.57. The molecule has 2 heteroatoms. The van der Waals surface area contributed by atoms with Crippen LogP contribution in [0, 0.1) is 0 Å². The first-order valence-corrected chi connectivity index (χ1v) is 4.86. The maximum absolute atomic E-state index is 9.40. The first kappa shape index (κ1) is 8.24. The van der Waals surface area contributed by atoms with Gasteiger partial charge in [-0.15, -0.1) is 0 Å². The van der Waals surface area contributed by atoms with Gasteiger partial charge in [0.1, 0.15) is 5.75 Å². The van der Waals surface area contributed by atoms with Crippen molar-refractivity contribution in [2.75, 3.05) is 0 Å². The second-order valence-corrected chi connectivity index (χ2v) is 3.62. The summed E-state index contributed by atoms with van der Waals surface area (Å²) in [5.74, 6) is 0.308. The Balaban J connectivity index is 2.47. The average Bonchev–Trinajstić information content (AvgIpc) is 2.26. The highest BCUT2D eigenvalue weighted by atomic mass is 16.3. The summed E-state index contributed by atoms with van der Waals surface area (Å²) in [5.41, 5.74) is 1.12. The Morgan fingerprint density at radius 1 is 0.933 bits per heavy atom. The van der Waals surface area contributed by atoms with Crippen molar-refractivity contribution in [3.8, 4) is 5.75 Å². The van der Waals surface area contributed by atoms with Crippen molar-refractivity contribution < 1.29 is 9.51 Å². The molecule has 0 aliphatic heterocycles. The number of benzene rings is 1. The normalized spacial score (nSPS) is 10.9. The van der Waals surface area contributed by atoms with Crippen LogP contribution in [0.3, 0.4) is 0 Å². The van der Waals surface area contributed by atoms with Crippen LogP contribution < -0.4 is 4.40 Å². The Bertz CT molecular complexity index is 646. The van der Waals surface area contributed by atoms with Gasteiger partial charge < -0.3 is 5.11 Å².